The Morgan fingerprint density at radius 2 is 1.60 bits per heavy atom. The third-order valence-electron chi connectivity index (χ3n) is 6.09. The predicted octanol–water partition coefficient (Wildman–Crippen LogP) is 3.10. The fraction of sp³-hybridized carbons (Fsp3) is 0.320. The minimum absolute atomic E-state index is 0.0939. The SMILES string of the molecule is CN1CCC(O)(Cn2cc(-c3ccc(CN)cc3)c(-c3ccccc3)cc2=O)CC1. The van der Waals surface area contributed by atoms with E-state index in [1.165, 1.54) is 0 Å². The fourth-order valence-corrected chi connectivity index (χ4v) is 4.11. The van der Waals surface area contributed by atoms with Gasteiger partial charge in [-0.1, -0.05) is 54.6 Å². The number of nitrogens with two attached hydrogens (primary N) is 1. The van der Waals surface area contributed by atoms with Gasteiger partial charge in [0, 0.05) is 37.5 Å². The molecule has 1 aromatic heterocycles. The lowest BCUT2D eigenvalue weighted by Gasteiger charge is -2.37. The number of hydrogen-bond donors (Lipinski definition) is 2. The van der Waals surface area contributed by atoms with Gasteiger partial charge >= 0.3 is 0 Å². The second-order valence-corrected chi connectivity index (χ2v) is 8.36. The Bertz CT molecular complexity index is 1050. The number of aromatic nitrogens is 1. The zero-order valence-electron chi connectivity index (χ0n) is 17.4. The van der Waals surface area contributed by atoms with Crippen molar-refractivity contribution in [3.05, 3.63) is 82.8 Å². The van der Waals surface area contributed by atoms with Crippen LogP contribution in [0.3, 0.4) is 0 Å². The van der Waals surface area contributed by atoms with Gasteiger partial charge in [-0.2, -0.15) is 0 Å². The molecule has 1 saturated heterocycles. The molecule has 2 heterocycles. The van der Waals surface area contributed by atoms with Crippen molar-refractivity contribution in [3.63, 3.8) is 0 Å². The van der Waals surface area contributed by atoms with Gasteiger partial charge in [-0.25, -0.2) is 0 Å². The highest BCUT2D eigenvalue weighted by Crippen LogP contribution is 2.32. The number of hydrogen-bond acceptors (Lipinski definition) is 4. The van der Waals surface area contributed by atoms with E-state index in [1.807, 2.05) is 60.8 Å². The van der Waals surface area contributed by atoms with Crippen molar-refractivity contribution in [3.8, 4) is 22.3 Å². The van der Waals surface area contributed by atoms with Gasteiger partial charge in [0.25, 0.3) is 5.56 Å². The second-order valence-electron chi connectivity index (χ2n) is 8.36. The molecule has 1 fully saturated rings. The summed E-state index contributed by atoms with van der Waals surface area (Å²) in [5.41, 5.74) is 9.76. The Balaban J connectivity index is 1.78. The molecule has 3 N–H and O–H groups in total. The van der Waals surface area contributed by atoms with Crippen LogP contribution in [0, 0.1) is 0 Å². The lowest BCUT2D eigenvalue weighted by molar-refractivity contribution is -0.0297. The number of nitrogens with zero attached hydrogens (tertiary/aromatic N) is 2. The number of benzene rings is 2. The van der Waals surface area contributed by atoms with Crippen LogP contribution in [0.2, 0.25) is 0 Å². The fourth-order valence-electron chi connectivity index (χ4n) is 4.11. The highest BCUT2D eigenvalue weighted by molar-refractivity contribution is 5.82. The summed E-state index contributed by atoms with van der Waals surface area (Å²) >= 11 is 0. The molecule has 30 heavy (non-hydrogen) atoms. The number of piperidine rings is 1. The van der Waals surface area contributed by atoms with E-state index in [9.17, 15) is 9.90 Å². The van der Waals surface area contributed by atoms with Gasteiger partial charge in [0.2, 0.25) is 0 Å². The van der Waals surface area contributed by atoms with E-state index in [2.05, 4.69) is 11.9 Å². The molecule has 4 rings (SSSR count). The molecular formula is C25H29N3O2. The van der Waals surface area contributed by atoms with E-state index in [-0.39, 0.29) is 5.56 Å². The molecule has 0 radical (unpaired) electrons. The maximum absolute atomic E-state index is 13.0. The van der Waals surface area contributed by atoms with Crippen molar-refractivity contribution in [2.75, 3.05) is 20.1 Å². The summed E-state index contributed by atoms with van der Waals surface area (Å²) in [6.45, 7) is 2.47. The van der Waals surface area contributed by atoms with Crippen molar-refractivity contribution in [1.29, 1.82) is 0 Å². The van der Waals surface area contributed by atoms with Crippen molar-refractivity contribution < 1.29 is 5.11 Å². The summed E-state index contributed by atoms with van der Waals surface area (Å²) in [5.74, 6) is 0. The van der Waals surface area contributed by atoms with Crippen molar-refractivity contribution in [2.24, 2.45) is 5.73 Å². The highest BCUT2D eigenvalue weighted by Gasteiger charge is 2.32. The summed E-state index contributed by atoms with van der Waals surface area (Å²) in [4.78, 5) is 15.2. The van der Waals surface area contributed by atoms with Gasteiger partial charge in [-0.15, -0.1) is 0 Å². The van der Waals surface area contributed by atoms with Gasteiger partial charge in [0.15, 0.2) is 0 Å². The Kier molecular flexibility index (Phi) is 5.86. The average molecular weight is 404 g/mol. The Morgan fingerprint density at radius 3 is 2.23 bits per heavy atom. The molecule has 1 aliphatic rings. The summed E-state index contributed by atoms with van der Waals surface area (Å²) in [6, 6.07) is 19.8. The molecule has 0 saturated carbocycles. The zero-order valence-corrected chi connectivity index (χ0v) is 17.4. The summed E-state index contributed by atoms with van der Waals surface area (Å²) in [5, 5.41) is 11.1. The topological polar surface area (TPSA) is 71.5 Å². The molecule has 0 atom stereocenters. The normalized spacial score (nSPS) is 16.5. The first-order chi connectivity index (χ1) is 14.5. The number of rotatable bonds is 5. The van der Waals surface area contributed by atoms with Gasteiger partial charge in [0.1, 0.15) is 0 Å². The van der Waals surface area contributed by atoms with E-state index in [4.69, 9.17) is 5.73 Å². The molecule has 5 heteroatoms. The van der Waals surface area contributed by atoms with Gasteiger partial charge in [0.05, 0.1) is 12.1 Å². The molecule has 0 amide bonds. The van der Waals surface area contributed by atoms with E-state index in [0.29, 0.717) is 25.9 Å². The van der Waals surface area contributed by atoms with Gasteiger partial charge in [-0.05, 0) is 42.1 Å². The van der Waals surface area contributed by atoms with E-state index >= 15 is 0 Å². The molecule has 5 nitrogen and oxygen atoms in total. The standard InChI is InChI=1S/C25H29N3O2/c1-27-13-11-25(30,12-14-27)18-28-17-23(21-9-7-19(16-26)8-10-21)22(15-24(28)29)20-5-3-2-4-6-20/h2-10,15,17,30H,11-14,16,18,26H2,1H3. The van der Waals surface area contributed by atoms with E-state index in [0.717, 1.165) is 40.9 Å². The van der Waals surface area contributed by atoms with Gasteiger partial charge < -0.3 is 20.3 Å². The number of pyridine rings is 1. The molecule has 2 aromatic carbocycles. The van der Waals surface area contributed by atoms with Crippen LogP contribution < -0.4 is 11.3 Å². The highest BCUT2D eigenvalue weighted by atomic mass is 16.3. The minimum Gasteiger partial charge on any atom is -0.388 e. The van der Waals surface area contributed by atoms with Crippen LogP contribution in [0.4, 0.5) is 0 Å². The maximum Gasteiger partial charge on any atom is 0.251 e. The van der Waals surface area contributed by atoms with Crippen molar-refractivity contribution in [1.82, 2.24) is 9.47 Å². The zero-order chi connectivity index (χ0) is 21.1. The number of likely N-dealkylation sites (tertiary alicyclic amines) is 1. The minimum atomic E-state index is -0.856. The average Bonchev–Trinajstić information content (AvgIpc) is 2.78. The van der Waals surface area contributed by atoms with E-state index in [1.54, 1.807) is 10.6 Å². The summed E-state index contributed by atoms with van der Waals surface area (Å²) in [7, 11) is 2.06. The molecule has 0 unspecified atom stereocenters. The molecule has 0 bridgehead atoms. The first kappa shape index (κ1) is 20.5. The lowest BCUT2D eigenvalue weighted by Crippen LogP contribution is -2.46. The van der Waals surface area contributed by atoms with Crippen LogP contribution in [0.15, 0.2) is 71.7 Å². The Hall–Kier alpha value is -2.73. The molecule has 1 aliphatic heterocycles. The Labute approximate surface area is 177 Å². The predicted molar refractivity (Wildman–Crippen MR) is 121 cm³/mol. The van der Waals surface area contributed by atoms with Crippen LogP contribution in [0.25, 0.3) is 22.3 Å². The maximum atomic E-state index is 13.0. The molecule has 3 aromatic rings. The largest absolute Gasteiger partial charge is 0.388 e. The molecule has 0 aliphatic carbocycles. The quantitative estimate of drug-likeness (QED) is 0.687. The van der Waals surface area contributed by atoms with Crippen molar-refractivity contribution in [2.45, 2.75) is 31.5 Å². The summed E-state index contributed by atoms with van der Waals surface area (Å²) < 4.78 is 1.67. The first-order valence-electron chi connectivity index (χ1n) is 10.5. The van der Waals surface area contributed by atoms with Crippen LogP contribution in [0.1, 0.15) is 18.4 Å². The second kappa shape index (κ2) is 8.56. The number of aliphatic hydroxyl groups is 1. The van der Waals surface area contributed by atoms with Crippen LogP contribution in [-0.4, -0.2) is 40.3 Å². The first-order valence-corrected chi connectivity index (χ1v) is 10.5. The third kappa shape index (κ3) is 4.38. The Morgan fingerprint density at radius 1 is 0.967 bits per heavy atom. The van der Waals surface area contributed by atoms with Crippen LogP contribution in [-0.2, 0) is 13.1 Å². The van der Waals surface area contributed by atoms with Crippen molar-refractivity contribution >= 4 is 0 Å². The van der Waals surface area contributed by atoms with E-state index < -0.39 is 5.60 Å². The molecular weight excluding hydrogens is 374 g/mol. The van der Waals surface area contributed by atoms with Crippen LogP contribution in [0.5, 0.6) is 0 Å². The third-order valence-corrected chi connectivity index (χ3v) is 6.09. The monoisotopic (exact) mass is 403 g/mol. The smallest absolute Gasteiger partial charge is 0.251 e. The van der Waals surface area contributed by atoms with Crippen LogP contribution >= 0.6 is 0 Å². The summed E-state index contributed by atoms with van der Waals surface area (Å²) in [6.07, 6.45) is 3.23. The molecule has 156 valence electrons. The lowest BCUT2D eigenvalue weighted by atomic mass is 9.91. The molecule has 0 spiro atoms. The van der Waals surface area contributed by atoms with Gasteiger partial charge in [-0.3, -0.25) is 4.79 Å².